The Morgan fingerprint density at radius 3 is 2.29 bits per heavy atom. The molecular weight excluding hydrogens is 352 g/mol. The minimum atomic E-state index is -3.17. The van der Waals surface area contributed by atoms with Crippen molar-refractivity contribution in [2.24, 2.45) is 0 Å². The number of carbonyl (C=O) groups is 1. The van der Waals surface area contributed by atoms with Crippen LogP contribution >= 0.6 is 11.6 Å². The number of hydrogen-bond acceptors (Lipinski definition) is 4. The van der Waals surface area contributed by atoms with E-state index in [1.54, 1.807) is 38.1 Å². The number of benzene rings is 1. The van der Waals surface area contributed by atoms with Gasteiger partial charge in [0.1, 0.15) is 5.75 Å². The number of rotatable bonds is 5. The third-order valence-corrected chi connectivity index (χ3v) is 5.55. The van der Waals surface area contributed by atoms with E-state index in [9.17, 15) is 13.2 Å². The molecule has 1 fully saturated rings. The van der Waals surface area contributed by atoms with Crippen LogP contribution in [0.3, 0.4) is 0 Å². The zero-order valence-electron chi connectivity index (χ0n) is 14.1. The van der Waals surface area contributed by atoms with Crippen LogP contribution in [0, 0.1) is 0 Å². The van der Waals surface area contributed by atoms with Gasteiger partial charge >= 0.3 is 0 Å². The van der Waals surface area contributed by atoms with Gasteiger partial charge in [0.25, 0.3) is 5.91 Å². The van der Waals surface area contributed by atoms with E-state index in [2.05, 4.69) is 5.32 Å². The number of ether oxygens (including phenoxy) is 1. The topological polar surface area (TPSA) is 75.7 Å². The zero-order valence-corrected chi connectivity index (χ0v) is 15.7. The fraction of sp³-hybridized carbons (Fsp3) is 0.562. The van der Waals surface area contributed by atoms with E-state index >= 15 is 0 Å². The Kier molecular flexibility index (Phi) is 5.78. The second kappa shape index (κ2) is 7.29. The molecule has 134 valence electrons. The Balaban J connectivity index is 1.90. The van der Waals surface area contributed by atoms with Crippen molar-refractivity contribution in [2.75, 3.05) is 19.3 Å². The summed E-state index contributed by atoms with van der Waals surface area (Å²) < 4.78 is 30.2. The molecule has 1 heterocycles. The number of amides is 1. The Labute approximate surface area is 148 Å². The van der Waals surface area contributed by atoms with Crippen molar-refractivity contribution in [3.05, 3.63) is 29.3 Å². The van der Waals surface area contributed by atoms with Crippen molar-refractivity contribution in [1.82, 2.24) is 9.62 Å². The van der Waals surface area contributed by atoms with Crippen molar-refractivity contribution < 1.29 is 17.9 Å². The highest BCUT2D eigenvalue weighted by Gasteiger charge is 2.33. The van der Waals surface area contributed by atoms with E-state index < -0.39 is 15.6 Å². The van der Waals surface area contributed by atoms with Crippen molar-refractivity contribution in [3.8, 4) is 5.75 Å². The third kappa shape index (κ3) is 5.09. The molecule has 1 aromatic rings. The van der Waals surface area contributed by atoms with Crippen LogP contribution in [0.5, 0.6) is 5.75 Å². The SMILES string of the molecule is CC(C)(Oc1ccc(Cl)cc1)C(=O)NC1CCN(S(C)(=O)=O)CC1. The molecule has 1 saturated heterocycles. The molecule has 0 saturated carbocycles. The lowest BCUT2D eigenvalue weighted by atomic mass is 10.0. The maximum Gasteiger partial charge on any atom is 0.263 e. The van der Waals surface area contributed by atoms with Gasteiger partial charge in [-0.05, 0) is 51.0 Å². The summed E-state index contributed by atoms with van der Waals surface area (Å²) in [6.07, 6.45) is 2.39. The lowest BCUT2D eigenvalue weighted by Crippen LogP contribution is -2.53. The molecule has 1 aromatic carbocycles. The number of carbonyl (C=O) groups excluding carboxylic acids is 1. The first-order valence-corrected chi connectivity index (χ1v) is 10.0. The molecule has 8 heteroatoms. The number of hydrogen-bond donors (Lipinski definition) is 1. The predicted molar refractivity (Wildman–Crippen MR) is 93.7 cm³/mol. The molecule has 1 aliphatic rings. The second-order valence-corrected chi connectivity index (χ2v) is 8.89. The van der Waals surface area contributed by atoms with Gasteiger partial charge in [-0.15, -0.1) is 0 Å². The van der Waals surface area contributed by atoms with Crippen LogP contribution in [0.25, 0.3) is 0 Å². The summed E-state index contributed by atoms with van der Waals surface area (Å²) in [6.45, 7) is 4.23. The Hall–Kier alpha value is -1.31. The molecule has 24 heavy (non-hydrogen) atoms. The smallest absolute Gasteiger partial charge is 0.263 e. The Morgan fingerprint density at radius 2 is 1.79 bits per heavy atom. The van der Waals surface area contributed by atoms with Crippen LogP contribution in [0.4, 0.5) is 0 Å². The molecule has 0 bridgehead atoms. The Bertz CT molecular complexity index is 681. The number of piperidine rings is 1. The van der Waals surface area contributed by atoms with Crippen molar-refractivity contribution >= 4 is 27.5 Å². The van der Waals surface area contributed by atoms with Gasteiger partial charge < -0.3 is 10.1 Å². The quantitative estimate of drug-likeness (QED) is 0.855. The molecule has 0 spiro atoms. The highest BCUT2D eigenvalue weighted by atomic mass is 35.5. The van der Waals surface area contributed by atoms with Gasteiger partial charge in [-0.2, -0.15) is 0 Å². The largest absolute Gasteiger partial charge is 0.478 e. The molecule has 0 radical (unpaired) electrons. The number of halogens is 1. The molecule has 0 aliphatic carbocycles. The first kappa shape index (κ1) is 19.0. The van der Waals surface area contributed by atoms with Gasteiger partial charge in [0.15, 0.2) is 5.60 Å². The highest BCUT2D eigenvalue weighted by molar-refractivity contribution is 7.88. The summed E-state index contributed by atoms with van der Waals surface area (Å²) in [5, 5.41) is 3.55. The molecular formula is C16H23ClN2O4S. The fourth-order valence-electron chi connectivity index (χ4n) is 2.53. The number of sulfonamides is 1. The summed E-state index contributed by atoms with van der Waals surface area (Å²) in [5.74, 6) is 0.335. The lowest BCUT2D eigenvalue weighted by molar-refractivity contribution is -0.135. The van der Waals surface area contributed by atoms with Crippen LogP contribution in [0.15, 0.2) is 24.3 Å². The molecule has 2 rings (SSSR count). The van der Waals surface area contributed by atoms with E-state index in [0.29, 0.717) is 36.7 Å². The van der Waals surface area contributed by atoms with Crippen LogP contribution in [-0.2, 0) is 14.8 Å². The first-order chi connectivity index (χ1) is 11.1. The van der Waals surface area contributed by atoms with E-state index in [4.69, 9.17) is 16.3 Å². The molecule has 1 amide bonds. The van der Waals surface area contributed by atoms with Crippen molar-refractivity contribution in [3.63, 3.8) is 0 Å². The van der Waals surface area contributed by atoms with E-state index in [1.165, 1.54) is 10.6 Å². The van der Waals surface area contributed by atoms with Gasteiger partial charge in [0.05, 0.1) is 6.26 Å². The number of nitrogens with one attached hydrogen (secondary N) is 1. The highest BCUT2D eigenvalue weighted by Crippen LogP contribution is 2.22. The van der Waals surface area contributed by atoms with Gasteiger partial charge in [-0.3, -0.25) is 4.79 Å². The molecule has 0 unspecified atom stereocenters. The number of nitrogens with zero attached hydrogens (tertiary/aromatic N) is 1. The van der Waals surface area contributed by atoms with Crippen LogP contribution in [-0.4, -0.2) is 49.6 Å². The summed E-state index contributed by atoms with van der Waals surface area (Å²) in [7, 11) is -3.17. The van der Waals surface area contributed by atoms with E-state index in [-0.39, 0.29) is 11.9 Å². The van der Waals surface area contributed by atoms with E-state index in [0.717, 1.165) is 0 Å². The Morgan fingerprint density at radius 1 is 1.25 bits per heavy atom. The summed E-state index contributed by atoms with van der Waals surface area (Å²) in [4.78, 5) is 12.5. The monoisotopic (exact) mass is 374 g/mol. The van der Waals surface area contributed by atoms with Crippen molar-refractivity contribution in [1.29, 1.82) is 0 Å². The average Bonchev–Trinajstić information content (AvgIpc) is 2.49. The van der Waals surface area contributed by atoms with Crippen LogP contribution < -0.4 is 10.1 Å². The van der Waals surface area contributed by atoms with Crippen LogP contribution in [0.2, 0.25) is 5.02 Å². The molecule has 0 aromatic heterocycles. The predicted octanol–water partition coefficient (Wildman–Crippen LogP) is 2.04. The summed E-state index contributed by atoms with van der Waals surface area (Å²) in [6, 6.07) is 6.77. The zero-order chi connectivity index (χ0) is 18.0. The maximum atomic E-state index is 12.5. The first-order valence-electron chi connectivity index (χ1n) is 7.78. The fourth-order valence-corrected chi connectivity index (χ4v) is 3.53. The third-order valence-electron chi connectivity index (χ3n) is 3.99. The lowest BCUT2D eigenvalue weighted by Gasteiger charge is -2.33. The van der Waals surface area contributed by atoms with Crippen molar-refractivity contribution in [2.45, 2.75) is 38.3 Å². The molecule has 0 atom stereocenters. The minimum absolute atomic E-state index is 0.0522. The van der Waals surface area contributed by atoms with Gasteiger partial charge in [0.2, 0.25) is 10.0 Å². The van der Waals surface area contributed by atoms with Crippen LogP contribution in [0.1, 0.15) is 26.7 Å². The molecule has 6 nitrogen and oxygen atoms in total. The van der Waals surface area contributed by atoms with E-state index in [1.807, 2.05) is 0 Å². The molecule has 1 aliphatic heterocycles. The normalized spacial score (nSPS) is 17.5. The average molecular weight is 375 g/mol. The minimum Gasteiger partial charge on any atom is -0.478 e. The molecule has 1 N–H and O–H groups in total. The second-order valence-electron chi connectivity index (χ2n) is 6.48. The summed E-state index contributed by atoms with van der Waals surface area (Å²) in [5.41, 5.74) is -1.04. The van der Waals surface area contributed by atoms with Gasteiger partial charge in [-0.1, -0.05) is 11.6 Å². The summed E-state index contributed by atoms with van der Waals surface area (Å²) >= 11 is 5.84. The maximum absolute atomic E-state index is 12.5. The van der Waals surface area contributed by atoms with Gasteiger partial charge in [-0.25, -0.2) is 12.7 Å². The standard InChI is InChI=1S/C16H23ClN2O4S/c1-16(2,23-14-6-4-12(17)5-7-14)15(20)18-13-8-10-19(11-9-13)24(3,21)22/h4-7,13H,8-11H2,1-3H3,(H,18,20). The van der Waals surface area contributed by atoms with Gasteiger partial charge in [0, 0.05) is 24.2 Å².